The second-order valence-corrected chi connectivity index (χ2v) is 7.75. The monoisotopic (exact) mass is 432 g/mol. The third kappa shape index (κ3) is 91.9. The lowest BCUT2D eigenvalue weighted by Crippen LogP contribution is -1.95. The summed E-state index contributed by atoms with van der Waals surface area (Å²) in [4.78, 5) is 9.82. The van der Waals surface area contributed by atoms with Gasteiger partial charge >= 0.3 is 5.97 Å². The Bertz CT molecular complexity index is 179. The van der Waals surface area contributed by atoms with Crippen molar-refractivity contribution in [2.75, 3.05) is 6.61 Å². The molecule has 0 N–H and O–H groups in total. The molecule has 0 aromatic rings. The zero-order valence-corrected chi connectivity index (χ0v) is 23.3. The van der Waals surface area contributed by atoms with Crippen molar-refractivity contribution in [1.82, 2.24) is 0 Å². The lowest BCUT2D eigenvalue weighted by Gasteiger charge is -1.89. The van der Waals surface area contributed by atoms with Crippen LogP contribution >= 0.6 is 0 Å². The number of unbranched alkanes of at least 4 members (excludes halogenated alkanes) is 12. The van der Waals surface area contributed by atoms with Gasteiger partial charge in [0, 0.05) is 6.92 Å². The number of hydrogen-bond acceptors (Lipinski definition) is 2. The SMILES string of the molecule is CCCCCC.CCCCCC.CCCCCC.CCCCCC.CCOC(C)=O. The smallest absolute Gasteiger partial charge is 0.302 e. The van der Waals surface area contributed by atoms with Crippen LogP contribution in [0.5, 0.6) is 0 Å². The summed E-state index contributed by atoms with van der Waals surface area (Å²) in [5.74, 6) is -0.211. The predicted octanol–water partition coefficient (Wildman–Crippen LogP) is 10.9. The summed E-state index contributed by atoms with van der Waals surface area (Å²) in [6, 6.07) is 0. The van der Waals surface area contributed by atoms with E-state index < -0.39 is 0 Å². The lowest BCUT2D eigenvalue weighted by atomic mass is 10.2. The van der Waals surface area contributed by atoms with E-state index in [9.17, 15) is 4.79 Å². The van der Waals surface area contributed by atoms with Crippen LogP contribution < -0.4 is 0 Å². The Balaban J connectivity index is -0.0000000868. The Morgan fingerprint density at radius 3 is 0.633 bits per heavy atom. The highest BCUT2D eigenvalue weighted by Gasteiger charge is 1.81. The molecule has 0 aliphatic carbocycles. The maximum Gasteiger partial charge on any atom is 0.302 e. The average Bonchev–Trinajstić information content (AvgIpc) is 2.75. The molecule has 188 valence electrons. The van der Waals surface area contributed by atoms with Gasteiger partial charge in [-0.25, -0.2) is 0 Å². The molecule has 0 aromatic carbocycles. The maximum absolute atomic E-state index is 9.82. The molecule has 0 unspecified atom stereocenters. The van der Waals surface area contributed by atoms with E-state index in [2.05, 4.69) is 60.1 Å². The highest BCUT2D eigenvalue weighted by molar-refractivity contribution is 5.65. The summed E-state index contributed by atoms with van der Waals surface area (Å²) in [5, 5.41) is 0. The van der Waals surface area contributed by atoms with E-state index in [-0.39, 0.29) is 5.97 Å². The summed E-state index contributed by atoms with van der Waals surface area (Å²) in [7, 11) is 0. The molecule has 0 fully saturated rings. The third-order valence-electron chi connectivity index (χ3n) is 4.18. The molecule has 2 nitrogen and oxygen atoms in total. The molecule has 2 heteroatoms. The van der Waals surface area contributed by atoms with E-state index in [1.165, 1.54) is 110 Å². The van der Waals surface area contributed by atoms with Crippen LogP contribution in [0.1, 0.15) is 172 Å². The zero-order chi connectivity index (χ0) is 24.3. The summed E-state index contributed by atoms with van der Waals surface area (Å²) in [6.45, 7) is 21.5. The number of rotatable bonds is 13. The Morgan fingerprint density at radius 2 is 0.600 bits per heavy atom. The fourth-order valence-electron chi connectivity index (χ4n) is 2.20. The average molecular weight is 433 g/mol. The molecule has 0 radical (unpaired) electrons. The molecule has 0 amide bonds. The van der Waals surface area contributed by atoms with Crippen molar-refractivity contribution in [2.45, 2.75) is 172 Å². The van der Waals surface area contributed by atoms with Gasteiger partial charge in [-0.2, -0.15) is 0 Å². The lowest BCUT2D eigenvalue weighted by molar-refractivity contribution is -0.140. The normalized spacial score (nSPS) is 8.73. The number of carbonyl (C=O) groups is 1. The van der Waals surface area contributed by atoms with E-state index in [0.29, 0.717) is 6.61 Å². The van der Waals surface area contributed by atoms with E-state index in [0.717, 1.165) is 0 Å². The Morgan fingerprint density at radius 1 is 0.433 bits per heavy atom. The van der Waals surface area contributed by atoms with Crippen molar-refractivity contribution in [2.24, 2.45) is 0 Å². The van der Waals surface area contributed by atoms with Crippen molar-refractivity contribution >= 4 is 5.97 Å². The molecule has 0 saturated heterocycles. The molecule has 30 heavy (non-hydrogen) atoms. The first-order valence-corrected chi connectivity index (χ1v) is 13.6. The van der Waals surface area contributed by atoms with Crippen LogP contribution in [-0.4, -0.2) is 12.6 Å². The molecule has 0 saturated carbocycles. The van der Waals surface area contributed by atoms with E-state index in [1.54, 1.807) is 6.92 Å². The molecule has 0 aromatic heterocycles. The molecular formula is C28H64O2. The van der Waals surface area contributed by atoms with Gasteiger partial charge in [-0.1, -0.05) is 158 Å². The molecule has 0 bridgehead atoms. The molecule has 0 spiro atoms. The highest BCUT2D eigenvalue weighted by atomic mass is 16.5. The summed E-state index contributed by atoms with van der Waals surface area (Å²) in [5.41, 5.74) is 0. The molecule has 0 atom stereocenters. The molecule has 0 rings (SSSR count). The van der Waals surface area contributed by atoms with Gasteiger partial charge in [0.15, 0.2) is 0 Å². The first-order chi connectivity index (χ1) is 14.4. The number of esters is 1. The van der Waals surface area contributed by atoms with Crippen LogP contribution in [0, 0.1) is 0 Å². The van der Waals surface area contributed by atoms with Gasteiger partial charge in [0.1, 0.15) is 0 Å². The van der Waals surface area contributed by atoms with Crippen molar-refractivity contribution in [3.05, 3.63) is 0 Å². The number of carbonyl (C=O) groups excluding carboxylic acids is 1. The summed E-state index contributed by atoms with van der Waals surface area (Å²) >= 11 is 0. The number of hydrogen-bond donors (Lipinski definition) is 0. The van der Waals surface area contributed by atoms with Crippen LogP contribution in [0.15, 0.2) is 0 Å². The second kappa shape index (κ2) is 51.3. The van der Waals surface area contributed by atoms with Gasteiger partial charge in [-0.3, -0.25) is 4.79 Å². The largest absolute Gasteiger partial charge is 0.466 e. The molecule has 0 aliphatic heterocycles. The molecule has 0 heterocycles. The highest BCUT2D eigenvalue weighted by Crippen LogP contribution is 1.97. The standard InChI is InChI=1S/4C6H14.C4H8O2/c4*1-3-5-6-4-2;1-3-6-4(2)5/h4*3-6H2,1-2H3;3H2,1-2H3. The fraction of sp³-hybridized carbons (Fsp3) is 0.964. The fourth-order valence-corrected chi connectivity index (χ4v) is 2.20. The van der Waals surface area contributed by atoms with Gasteiger partial charge in [-0.05, 0) is 6.92 Å². The Labute approximate surface area is 194 Å². The van der Waals surface area contributed by atoms with Crippen molar-refractivity contribution in [3.63, 3.8) is 0 Å². The van der Waals surface area contributed by atoms with Crippen LogP contribution in [0.3, 0.4) is 0 Å². The first kappa shape index (κ1) is 39.9. The van der Waals surface area contributed by atoms with Crippen LogP contribution in [0.2, 0.25) is 0 Å². The van der Waals surface area contributed by atoms with Gasteiger partial charge < -0.3 is 4.74 Å². The van der Waals surface area contributed by atoms with Gasteiger partial charge in [0.25, 0.3) is 0 Å². The Kier molecular flexibility index (Phi) is 68.2. The minimum Gasteiger partial charge on any atom is -0.466 e. The predicted molar refractivity (Wildman–Crippen MR) is 142 cm³/mol. The van der Waals surface area contributed by atoms with Crippen molar-refractivity contribution in [3.8, 4) is 0 Å². The van der Waals surface area contributed by atoms with Crippen molar-refractivity contribution < 1.29 is 9.53 Å². The molecular weight excluding hydrogens is 368 g/mol. The first-order valence-electron chi connectivity index (χ1n) is 13.6. The maximum atomic E-state index is 9.82. The third-order valence-corrected chi connectivity index (χ3v) is 4.18. The minimum absolute atomic E-state index is 0.211. The van der Waals surface area contributed by atoms with Gasteiger partial charge in [-0.15, -0.1) is 0 Å². The van der Waals surface area contributed by atoms with E-state index >= 15 is 0 Å². The van der Waals surface area contributed by atoms with Crippen LogP contribution in [-0.2, 0) is 9.53 Å². The quantitative estimate of drug-likeness (QED) is 0.213. The van der Waals surface area contributed by atoms with E-state index in [4.69, 9.17) is 0 Å². The topological polar surface area (TPSA) is 26.3 Å². The van der Waals surface area contributed by atoms with Crippen LogP contribution in [0.25, 0.3) is 0 Å². The number of ether oxygens (including phenoxy) is 1. The van der Waals surface area contributed by atoms with Crippen molar-refractivity contribution in [1.29, 1.82) is 0 Å². The Hall–Kier alpha value is -0.530. The minimum atomic E-state index is -0.211. The zero-order valence-electron chi connectivity index (χ0n) is 23.3. The summed E-state index contributed by atoms with van der Waals surface area (Å²) in [6.07, 6.45) is 22.1. The summed E-state index contributed by atoms with van der Waals surface area (Å²) < 4.78 is 4.40. The van der Waals surface area contributed by atoms with Gasteiger partial charge in [0.2, 0.25) is 0 Å². The second-order valence-electron chi connectivity index (χ2n) is 7.75. The van der Waals surface area contributed by atoms with Crippen LogP contribution in [0.4, 0.5) is 0 Å². The van der Waals surface area contributed by atoms with Gasteiger partial charge in [0.05, 0.1) is 6.61 Å². The molecule has 0 aliphatic rings. The van der Waals surface area contributed by atoms with E-state index in [1.807, 2.05) is 0 Å².